The first-order valence-electron chi connectivity index (χ1n) is 10.7. The van der Waals surface area contributed by atoms with Crippen LogP contribution in [0.3, 0.4) is 0 Å². The number of nitrogens with zero attached hydrogens (tertiary/aromatic N) is 1. The van der Waals surface area contributed by atoms with E-state index < -0.39 is 11.9 Å². The van der Waals surface area contributed by atoms with E-state index in [9.17, 15) is 13.2 Å². The fourth-order valence-corrected chi connectivity index (χ4v) is 3.10. The summed E-state index contributed by atoms with van der Waals surface area (Å²) in [4.78, 5) is 4.31. The van der Waals surface area contributed by atoms with Crippen LogP contribution in [0.25, 0.3) is 0 Å². The summed E-state index contributed by atoms with van der Waals surface area (Å²) < 4.78 is 56.3. The summed E-state index contributed by atoms with van der Waals surface area (Å²) in [6.07, 6.45) is 0.797. The number of aryl methyl sites for hydroxylation is 2. The van der Waals surface area contributed by atoms with E-state index in [0.29, 0.717) is 25.6 Å². The molecule has 0 radical (unpaired) electrons. The average molecular weight is 466 g/mol. The molecule has 180 valence electrons. The molecule has 0 heterocycles. The van der Waals surface area contributed by atoms with Crippen molar-refractivity contribution >= 4 is 5.71 Å². The third-order valence-electron chi connectivity index (χ3n) is 4.65. The zero-order chi connectivity index (χ0) is 24.3. The Morgan fingerprint density at radius 1 is 0.909 bits per heavy atom. The number of allylic oxidation sites excluding steroid dienone is 1. The van der Waals surface area contributed by atoms with Gasteiger partial charge in [0, 0.05) is 5.56 Å². The molecular weight excluding hydrogens is 435 g/mol. The van der Waals surface area contributed by atoms with Gasteiger partial charge in [0.25, 0.3) is 0 Å². The summed E-state index contributed by atoms with van der Waals surface area (Å²) in [7, 11) is 1.07. The molecule has 0 spiro atoms. The van der Waals surface area contributed by atoms with Crippen molar-refractivity contribution in [1.29, 1.82) is 0 Å². The minimum absolute atomic E-state index is 0.0888. The Morgan fingerprint density at radius 2 is 1.52 bits per heavy atom. The Balaban J connectivity index is 1.77. The SMILES string of the molecule is C/C=C/COc1cc(C)c(OCCCCOc2ccc(C(=NOC)C(F)(F)F)cc2)c(C)c1. The number of unbranched alkanes of at least 4 members (excludes halogenated alkanes) is 1. The maximum atomic E-state index is 13.0. The lowest BCUT2D eigenvalue weighted by molar-refractivity contribution is -0.0608. The van der Waals surface area contributed by atoms with Crippen molar-refractivity contribution < 1.29 is 32.2 Å². The lowest BCUT2D eigenvalue weighted by atomic mass is 10.1. The van der Waals surface area contributed by atoms with E-state index in [1.54, 1.807) is 0 Å². The van der Waals surface area contributed by atoms with Crippen molar-refractivity contribution in [2.75, 3.05) is 26.9 Å². The van der Waals surface area contributed by atoms with Crippen LogP contribution in [0.15, 0.2) is 53.7 Å². The van der Waals surface area contributed by atoms with Gasteiger partial charge in [0.05, 0.1) is 13.2 Å². The predicted octanol–water partition coefficient (Wildman–Crippen LogP) is 6.41. The number of halogens is 3. The maximum Gasteiger partial charge on any atom is 0.437 e. The summed E-state index contributed by atoms with van der Waals surface area (Å²) in [5.41, 5.74) is 0.847. The van der Waals surface area contributed by atoms with Gasteiger partial charge in [-0.1, -0.05) is 17.3 Å². The van der Waals surface area contributed by atoms with Gasteiger partial charge in [0.15, 0.2) is 5.71 Å². The highest BCUT2D eigenvalue weighted by Gasteiger charge is 2.37. The molecular formula is C25H30F3NO4. The summed E-state index contributed by atoms with van der Waals surface area (Å²) in [6.45, 7) is 7.41. The summed E-state index contributed by atoms with van der Waals surface area (Å²) in [6, 6.07) is 9.49. The van der Waals surface area contributed by atoms with E-state index in [1.165, 1.54) is 24.3 Å². The Hall–Kier alpha value is -3.16. The van der Waals surface area contributed by atoms with E-state index in [-0.39, 0.29) is 5.56 Å². The van der Waals surface area contributed by atoms with Gasteiger partial charge < -0.3 is 19.0 Å². The Bertz CT molecular complexity index is 915. The van der Waals surface area contributed by atoms with Crippen molar-refractivity contribution in [3.63, 3.8) is 0 Å². The van der Waals surface area contributed by atoms with Crippen molar-refractivity contribution in [2.45, 2.75) is 39.8 Å². The van der Waals surface area contributed by atoms with Crippen LogP contribution in [0.1, 0.15) is 36.5 Å². The minimum Gasteiger partial charge on any atom is -0.494 e. The highest BCUT2D eigenvalue weighted by Crippen LogP contribution is 2.29. The normalized spacial score (nSPS) is 12.2. The first-order chi connectivity index (χ1) is 15.8. The second kappa shape index (κ2) is 12.8. The fourth-order valence-electron chi connectivity index (χ4n) is 3.10. The van der Waals surface area contributed by atoms with Crippen LogP contribution in [-0.4, -0.2) is 38.8 Å². The number of benzene rings is 2. The standard InChI is InChI=1S/C25H30F3NO4/c1-5-6-13-32-22-16-18(2)23(19(3)17-22)33-15-8-7-14-31-21-11-9-20(10-12-21)24(29-30-4)25(26,27)28/h5-6,9-12,16-17H,7-8,13-15H2,1-4H3/b6-5+,29-24?. The van der Waals surface area contributed by atoms with Gasteiger partial charge in [-0.25, -0.2) is 0 Å². The van der Waals surface area contributed by atoms with Crippen LogP contribution >= 0.6 is 0 Å². The van der Waals surface area contributed by atoms with Crippen molar-refractivity contribution in [2.24, 2.45) is 5.16 Å². The van der Waals surface area contributed by atoms with E-state index >= 15 is 0 Å². The van der Waals surface area contributed by atoms with E-state index in [2.05, 4.69) is 9.99 Å². The number of alkyl halides is 3. The van der Waals surface area contributed by atoms with Crippen molar-refractivity contribution in [3.8, 4) is 17.2 Å². The smallest absolute Gasteiger partial charge is 0.437 e. The molecule has 5 nitrogen and oxygen atoms in total. The number of ether oxygens (including phenoxy) is 3. The molecule has 0 unspecified atom stereocenters. The van der Waals surface area contributed by atoms with Gasteiger partial charge in [-0.2, -0.15) is 13.2 Å². The molecule has 0 aromatic heterocycles. The highest BCUT2D eigenvalue weighted by molar-refractivity contribution is 6.04. The average Bonchev–Trinajstić information content (AvgIpc) is 2.76. The molecule has 0 N–H and O–H groups in total. The monoisotopic (exact) mass is 465 g/mol. The molecule has 0 saturated carbocycles. The third kappa shape index (κ3) is 8.36. The minimum atomic E-state index is -4.60. The molecule has 33 heavy (non-hydrogen) atoms. The van der Waals surface area contributed by atoms with E-state index in [1.807, 2.05) is 45.1 Å². The van der Waals surface area contributed by atoms with Gasteiger partial charge >= 0.3 is 6.18 Å². The number of rotatable bonds is 12. The van der Waals surface area contributed by atoms with Crippen LogP contribution in [0, 0.1) is 13.8 Å². The zero-order valence-corrected chi connectivity index (χ0v) is 19.4. The first kappa shape index (κ1) is 26.1. The maximum absolute atomic E-state index is 13.0. The lowest BCUT2D eigenvalue weighted by Gasteiger charge is -2.14. The van der Waals surface area contributed by atoms with Crippen molar-refractivity contribution in [1.82, 2.24) is 0 Å². The second-order valence-electron chi connectivity index (χ2n) is 7.31. The summed E-state index contributed by atoms with van der Waals surface area (Å²) >= 11 is 0. The summed E-state index contributed by atoms with van der Waals surface area (Å²) in [5, 5.41) is 3.08. The highest BCUT2D eigenvalue weighted by atomic mass is 19.4. The molecule has 0 aliphatic rings. The molecule has 0 bridgehead atoms. The lowest BCUT2D eigenvalue weighted by Crippen LogP contribution is -2.24. The van der Waals surface area contributed by atoms with Crippen LogP contribution < -0.4 is 14.2 Å². The van der Waals surface area contributed by atoms with Gasteiger partial charge in [-0.3, -0.25) is 0 Å². The third-order valence-corrected chi connectivity index (χ3v) is 4.65. The molecule has 0 atom stereocenters. The summed E-state index contributed by atoms with van der Waals surface area (Å²) in [5.74, 6) is 2.15. The quantitative estimate of drug-likeness (QED) is 0.157. The molecule has 0 saturated heterocycles. The van der Waals surface area contributed by atoms with Crippen LogP contribution in [0.5, 0.6) is 17.2 Å². The molecule has 2 aromatic carbocycles. The number of hydrogen-bond acceptors (Lipinski definition) is 5. The van der Waals surface area contributed by atoms with E-state index in [4.69, 9.17) is 14.2 Å². The van der Waals surface area contributed by atoms with Crippen LogP contribution in [0.2, 0.25) is 0 Å². The fraction of sp³-hybridized carbons (Fsp3) is 0.400. The largest absolute Gasteiger partial charge is 0.494 e. The molecule has 0 fully saturated rings. The topological polar surface area (TPSA) is 49.3 Å². The van der Waals surface area contributed by atoms with Crippen LogP contribution in [-0.2, 0) is 4.84 Å². The molecule has 0 amide bonds. The number of hydrogen-bond donors (Lipinski definition) is 0. The zero-order valence-electron chi connectivity index (χ0n) is 19.4. The Kier molecular flexibility index (Phi) is 10.1. The Labute approximate surface area is 192 Å². The van der Waals surface area contributed by atoms with Gasteiger partial charge in [0.2, 0.25) is 0 Å². The second-order valence-corrected chi connectivity index (χ2v) is 7.31. The van der Waals surface area contributed by atoms with Gasteiger partial charge in [-0.05, 0) is 81.1 Å². The van der Waals surface area contributed by atoms with Crippen molar-refractivity contribution in [3.05, 3.63) is 65.2 Å². The van der Waals surface area contributed by atoms with Crippen LogP contribution in [0.4, 0.5) is 13.2 Å². The first-order valence-corrected chi connectivity index (χ1v) is 10.7. The van der Waals surface area contributed by atoms with Gasteiger partial charge in [-0.15, -0.1) is 0 Å². The Morgan fingerprint density at radius 3 is 2.06 bits per heavy atom. The van der Waals surface area contributed by atoms with Gasteiger partial charge in [0.1, 0.15) is 31.0 Å². The van der Waals surface area contributed by atoms with E-state index in [0.717, 1.165) is 42.6 Å². The molecule has 2 rings (SSSR count). The molecule has 8 heteroatoms. The molecule has 0 aliphatic heterocycles. The predicted molar refractivity (Wildman–Crippen MR) is 122 cm³/mol. The number of oxime groups is 1. The molecule has 2 aromatic rings. The molecule has 0 aliphatic carbocycles.